The molecule has 0 aliphatic rings. The molecule has 1 heterocycles. The first-order valence-corrected chi connectivity index (χ1v) is 6.40. The number of anilines is 1. The van der Waals surface area contributed by atoms with Crippen LogP contribution in [0.25, 0.3) is 0 Å². The molecule has 106 valence electrons. The van der Waals surface area contributed by atoms with Gasteiger partial charge in [0.15, 0.2) is 0 Å². The summed E-state index contributed by atoms with van der Waals surface area (Å²) in [5, 5.41) is 18.5. The number of aromatic nitrogens is 2. The zero-order chi connectivity index (χ0) is 14.9. The minimum absolute atomic E-state index is 0.0333. The van der Waals surface area contributed by atoms with Crippen molar-refractivity contribution >= 4 is 11.4 Å². The summed E-state index contributed by atoms with van der Waals surface area (Å²) in [6, 6.07) is 5.21. The van der Waals surface area contributed by atoms with Gasteiger partial charge in [0.05, 0.1) is 16.7 Å². The summed E-state index contributed by atoms with van der Waals surface area (Å²) < 4.78 is 1.76. The molecule has 0 spiro atoms. The van der Waals surface area contributed by atoms with E-state index in [1.165, 1.54) is 0 Å². The highest BCUT2D eigenvalue weighted by atomic mass is 16.6. The Balaban J connectivity index is 2.24. The minimum atomic E-state index is -0.361. The van der Waals surface area contributed by atoms with Crippen LogP contribution >= 0.6 is 0 Å². The highest BCUT2D eigenvalue weighted by Crippen LogP contribution is 2.26. The molecule has 1 aromatic carbocycles. The lowest BCUT2D eigenvalue weighted by Crippen LogP contribution is -2.07. The topological polar surface area (TPSA) is 73.0 Å². The van der Waals surface area contributed by atoms with Crippen LogP contribution < -0.4 is 5.32 Å². The Kier molecular flexibility index (Phi) is 3.74. The fourth-order valence-corrected chi connectivity index (χ4v) is 2.27. The predicted molar refractivity (Wildman–Crippen MR) is 77.8 cm³/mol. The first-order valence-electron chi connectivity index (χ1n) is 6.40. The van der Waals surface area contributed by atoms with Crippen LogP contribution in [0.3, 0.4) is 0 Å². The van der Waals surface area contributed by atoms with Crippen LogP contribution in [0, 0.1) is 24.0 Å². The molecule has 0 amide bonds. The van der Waals surface area contributed by atoms with Gasteiger partial charge in [-0.25, -0.2) is 0 Å². The molecule has 1 N–H and O–H groups in total. The highest BCUT2D eigenvalue weighted by molar-refractivity contribution is 5.55. The summed E-state index contributed by atoms with van der Waals surface area (Å²) in [5.74, 6) is 0. The molecular formula is C14H18N4O2. The van der Waals surface area contributed by atoms with Gasteiger partial charge in [0, 0.05) is 36.1 Å². The summed E-state index contributed by atoms with van der Waals surface area (Å²) in [5.41, 5.74) is 3.55. The maximum absolute atomic E-state index is 11.0. The number of nitro benzene ring substituents is 1. The smallest absolute Gasteiger partial charge is 0.274 e. The molecule has 1 unspecified atom stereocenters. The maximum Gasteiger partial charge on any atom is 0.274 e. The summed E-state index contributed by atoms with van der Waals surface area (Å²) in [4.78, 5) is 10.6. The molecule has 2 aromatic rings. The molecule has 1 aromatic heterocycles. The highest BCUT2D eigenvalue weighted by Gasteiger charge is 2.15. The first kappa shape index (κ1) is 14.0. The van der Waals surface area contributed by atoms with Gasteiger partial charge >= 0.3 is 0 Å². The molecule has 6 heteroatoms. The number of hydrogen-bond donors (Lipinski definition) is 1. The van der Waals surface area contributed by atoms with E-state index in [1.54, 1.807) is 23.7 Å². The Labute approximate surface area is 117 Å². The number of nitrogens with zero attached hydrogens (tertiary/aromatic N) is 3. The largest absolute Gasteiger partial charge is 0.378 e. The van der Waals surface area contributed by atoms with Gasteiger partial charge in [-0.2, -0.15) is 5.10 Å². The Hall–Kier alpha value is -2.37. The number of benzene rings is 1. The van der Waals surface area contributed by atoms with Crippen LogP contribution in [0.5, 0.6) is 0 Å². The zero-order valence-electron chi connectivity index (χ0n) is 12.0. The second-order valence-corrected chi connectivity index (χ2v) is 4.97. The average Bonchev–Trinajstić information content (AvgIpc) is 2.70. The van der Waals surface area contributed by atoms with Crippen molar-refractivity contribution in [1.82, 2.24) is 9.78 Å². The van der Waals surface area contributed by atoms with Crippen molar-refractivity contribution < 1.29 is 4.92 Å². The predicted octanol–water partition coefficient (Wildman–Crippen LogP) is 3.12. The van der Waals surface area contributed by atoms with Crippen LogP contribution in [0.2, 0.25) is 0 Å². The van der Waals surface area contributed by atoms with Gasteiger partial charge in [0.1, 0.15) is 0 Å². The van der Waals surface area contributed by atoms with Crippen molar-refractivity contribution in [2.24, 2.45) is 7.05 Å². The van der Waals surface area contributed by atoms with Crippen molar-refractivity contribution in [1.29, 1.82) is 0 Å². The molecule has 1 atom stereocenters. The Morgan fingerprint density at radius 3 is 2.65 bits per heavy atom. The molecule has 2 rings (SSSR count). The lowest BCUT2D eigenvalue weighted by Gasteiger charge is -2.14. The molecule has 0 bridgehead atoms. The number of nitrogens with one attached hydrogen (secondary N) is 1. The standard InChI is InChI=1S/C14H18N4O2/c1-9-5-6-12(7-14(9)18(19)20)15-10(2)13-8-17(4)16-11(13)3/h5-8,10,15H,1-4H3. The van der Waals surface area contributed by atoms with Crippen LogP contribution in [-0.4, -0.2) is 14.7 Å². The Bertz CT molecular complexity index is 649. The van der Waals surface area contributed by atoms with E-state index < -0.39 is 0 Å². The molecule has 20 heavy (non-hydrogen) atoms. The van der Waals surface area contributed by atoms with E-state index in [0.717, 1.165) is 16.9 Å². The van der Waals surface area contributed by atoms with E-state index in [-0.39, 0.29) is 16.7 Å². The minimum Gasteiger partial charge on any atom is -0.378 e. The quantitative estimate of drug-likeness (QED) is 0.686. The second-order valence-electron chi connectivity index (χ2n) is 4.97. The van der Waals surface area contributed by atoms with Gasteiger partial charge in [-0.05, 0) is 26.8 Å². The number of rotatable bonds is 4. The maximum atomic E-state index is 11.0. The van der Waals surface area contributed by atoms with Crippen molar-refractivity contribution in [3.8, 4) is 0 Å². The lowest BCUT2D eigenvalue weighted by atomic mass is 10.1. The summed E-state index contributed by atoms with van der Waals surface area (Å²) in [7, 11) is 1.87. The number of nitro groups is 1. The van der Waals surface area contributed by atoms with Crippen molar-refractivity contribution in [2.75, 3.05) is 5.32 Å². The summed E-state index contributed by atoms with van der Waals surface area (Å²) in [6.45, 7) is 5.69. The van der Waals surface area contributed by atoms with Gasteiger partial charge < -0.3 is 5.32 Å². The van der Waals surface area contributed by atoms with Crippen molar-refractivity contribution in [2.45, 2.75) is 26.8 Å². The van der Waals surface area contributed by atoms with E-state index in [9.17, 15) is 10.1 Å². The molecule has 0 aliphatic heterocycles. The number of aryl methyl sites for hydroxylation is 3. The van der Waals surface area contributed by atoms with Gasteiger partial charge in [-0.3, -0.25) is 14.8 Å². The third kappa shape index (κ3) is 2.79. The van der Waals surface area contributed by atoms with E-state index in [1.807, 2.05) is 33.2 Å². The monoisotopic (exact) mass is 274 g/mol. The van der Waals surface area contributed by atoms with Crippen LogP contribution in [0.4, 0.5) is 11.4 Å². The van der Waals surface area contributed by atoms with E-state index in [0.29, 0.717) is 5.56 Å². The molecule has 0 saturated carbocycles. The normalized spacial score (nSPS) is 12.2. The van der Waals surface area contributed by atoms with Crippen molar-refractivity contribution in [3.05, 3.63) is 51.3 Å². The molecule has 0 fully saturated rings. The Morgan fingerprint density at radius 1 is 1.40 bits per heavy atom. The lowest BCUT2D eigenvalue weighted by molar-refractivity contribution is -0.385. The second kappa shape index (κ2) is 5.32. The molecular weight excluding hydrogens is 256 g/mol. The molecule has 0 saturated heterocycles. The van der Waals surface area contributed by atoms with Crippen LogP contribution in [-0.2, 0) is 7.05 Å². The van der Waals surface area contributed by atoms with Crippen molar-refractivity contribution in [3.63, 3.8) is 0 Å². The van der Waals surface area contributed by atoms with Crippen LogP contribution in [0.1, 0.15) is 29.8 Å². The average molecular weight is 274 g/mol. The number of hydrogen-bond acceptors (Lipinski definition) is 4. The zero-order valence-corrected chi connectivity index (χ0v) is 12.0. The van der Waals surface area contributed by atoms with E-state index in [2.05, 4.69) is 10.4 Å². The van der Waals surface area contributed by atoms with Crippen LogP contribution in [0.15, 0.2) is 24.4 Å². The fraction of sp³-hybridized carbons (Fsp3) is 0.357. The van der Waals surface area contributed by atoms with Gasteiger partial charge in [0.2, 0.25) is 0 Å². The molecule has 0 radical (unpaired) electrons. The van der Waals surface area contributed by atoms with Gasteiger partial charge in [0.25, 0.3) is 5.69 Å². The van der Waals surface area contributed by atoms with E-state index >= 15 is 0 Å². The third-order valence-electron chi connectivity index (χ3n) is 3.31. The molecule has 6 nitrogen and oxygen atoms in total. The summed E-state index contributed by atoms with van der Waals surface area (Å²) >= 11 is 0. The van der Waals surface area contributed by atoms with Gasteiger partial charge in [-0.1, -0.05) is 6.07 Å². The molecule has 0 aliphatic carbocycles. The summed E-state index contributed by atoms with van der Waals surface area (Å²) in [6.07, 6.45) is 1.95. The van der Waals surface area contributed by atoms with Gasteiger partial charge in [-0.15, -0.1) is 0 Å². The Morgan fingerprint density at radius 2 is 2.10 bits per heavy atom. The third-order valence-corrected chi connectivity index (χ3v) is 3.31. The SMILES string of the molecule is Cc1ccc(NC(C)c2cn(C)nc2C)cc1[N+](=O)[O-]. The van der Waals surface area contributed by atoms with E-state index in [4.69, 9.17) is 0 Å². The first-order chi connectivity index (χ1) is 9.38. The fourth-order valence-electron chi connectivity index (χ4n) is 2.27.